The Morgan fingerprint density at radius 2 is 2.40 bits per heavy atom. The fourth-order valence-corrected chi connectivity index (χ4v) is 1.49. The van der Waals surface area contributed by atoms with Gasteiger partial charge in [0.2, 0.25) is 11.0 Å². The molecule has 15 heavy (non-hydrogen) atoms. The summed E-state index contributed by atoms with van der Waals surface area (Å²) in [5, 5.41) is 10.8. The molecule has 1 aromatic rings. The Bertz CT molecular complexity index is 329. The number of nitrogens with one attached hydrogen (secondary N) is 1. The molecular formula is C8H12ClN3O2S. The van der Waals surface area contributed by atoms with Crippen molar-refractivity contribution in [3.05, 3.63) is 5.01 Å². The lowest BCUT2D eigenvalue weighted by Gasteiger charge is -2.00. The van der Waals surface area contributed by atoms with Gasteiger partial charge in [-0.05, 0) is 13.8 Å². The van der Waals surface area contributed by atoms with Crippen molar-refractivity contribution < 1.29 is 9.53 Å². The summed E-state index contributed by atoms with van der Waals surface area (Å²) < 4.78 is 5.15. The lowest BCUT2D eigenvalue weighted by atomic mass is 10.4. The van der Waals surface area contributed by atoms with Gasteiger partial charge in [-0.2, -0.15) is 0 Å². The van der Waals surface area contributed by atoms with Gasteiger partial charge in [0.25, 0.3) is 0 Å². The lowest BCUT2D eigenvalue weighted by molar-refractivity contribution is -0.115. The Morgan fingerprint density at radius 1 is 1.67 bits per heavy atom. The number of hydrogen-bond acceptors (Lipinski definition) is 5. The molecule has 0 aromatic carbocycles. The predicted molar refractivity (Wildman–Crippen MR) is 59.2 cm³/mol. The highest BCUT2D eigenvalue weighted by Gasteiger charge is 2.12. The van der Waals surface area contributed by atoms with Crippen LogP contribution in [-0.4, -0.2) is 28.1 Å². The number of alkyl halides is 1. The van der Waals surface area contributed by atoms with Crippen molar-refractivity contribution in [3.8, 4) is 0 Å². The van der Waals surface area contributed by atoms with E-state index in [0.29, 0.717) is 18.3 Å². The summed E-state index contributed by atoms with van der Waals surface area (Å²) in [5.41, 5.74) is 0. The Balaban J connectivity index is 2.49. The van der Waals surface area contributed by atoms with E-state index < -0.39 is 5.38 Å². The second-order valence-corrected chi connectivity index (χ2v) is 4.46. The molecule has 0 saturated carbocycles. The molecule has 0 radical (unpaired) electrons. The minimum atomic E-state index is -0.579. The molecule has 1 amide bonds. The van der Waals surface area contributed by atoms with Gasteiger partial charge < -0.3 is 4.74 Å². The van der Waals surface area contributed by atoms with E-state index in [0.717, 1.165) is 5.01 Å². The van der Waals surface area contributed by atoms with Crippen LogP contribution in [-0.2, 0) is 16.1 Å². The summed E-state index contributed by atoms with van der Waals surface area (Å²) in [7, 11) is 0. The molecule has 7 heteroatoms. The van der Waals surface area contributed by atoms with E-state index in [1.54, 1.807) is 6.92 Å². The van der Waals surface area contributed by atoms with E-state index >= 15 is 0 Å². The third-order valence-electron chi connectivity index (χ3n) is 1.49. The Hall–Kier alpha value is -0.720. The summed E-state index contributed by atoms with van der Waals surface area (Å²) in [4.78, 5) is 11.2. The number of aromatic nitrogens is 2. The van der Waals surface area contributed by atoms with Crippen LogP contribution in [0.4, 0.5) is 5.13 Å². The predicted octanol–water partition coefficient (Wildman–Crippen LogP) is 1.64. The Labute approximate surface area is 96.8 Å². The molecule has 84 valence electrons. The van der Waals surface area contributed by atoms with E-state index in [9.17, 15) is 4.79 Å². The molecule has 0 aliphatic rings. The fourth-order valence-electron chi connectivity index (χ4n) is 0.757. The molecule has 0 spiro atoms. The van der Waals surface area contributed by atoms with Crippen LogP contribution in [0.2, 0.25) is 0 Å². The first-order valence-corrected chi connectivity index (χ1v) is 5.73. The molecule has 0 aliphatic carbocycles. The van der Waals surface area contributed by atoms with Gasteiger partial charge >= 0.3 is 0 Å². The number of carbonyl (C=O) groups is 1. The monoisotopic (exact) mass is 249 g/mol. The normalized spacial score (nSPS) is 12.5. The molecule has 0 saturated heterocycles. The maximum Gasteiger partial charge on any atom is 0.243 e. The maximum atomic E-state index is 11.2. The summed E-state index contributed by atoms with van der Waals surface area (Å²) in [5.74, 6) is -0.282. The third kappa shape index (κ3) is 4.11. The summed E-state index contributed by atoms with van der Waals surface area (Å²) in [6.07, 6.45) is 0. The number of hydrogen-bond donors (Lipinski definition) is 1. The van der Waals surface area contributed by atoms with E-state index in [1.807, 2.05) is 6.92 Å². The number of anilines is 1. The topological polar surface area (TPSA) is 64.1 Å². The number of nitrogens with zero attached hydrogens (tertiary/aromatic N) is 2. The van der Waals surface area contributed by atoms with E-state index in [-0.39, 0.29) is 5.91 Å². The van der Waals surface area contributed by atoms with Gasteiger partial charge in [-0.3, -0.25) is 10.1 Å². The second-order valence-electron chi connectivity index (χ2n) is 2.74. The maximum absolute atomic E-state index is 11.2. The molecule has 1 atom stereocenters. The molecule has 0 bridgehead atoms. The average molecular weight is 250 g/mol. The van der Waals surface area contributed by atoms with Crippen molar-refractivity contribution >= 4 is 34.0 Å². The minimum absolute atomic E-state index is 0.282. The summed E-state index contributed by atoms with van der Waals surface area (Å²) in [6, 6.07) is 0. The molecule has 5 nitrogen and oxygen atoms in total. The van der Waals surface area contributed by atoms with Crippen LogP contribution in [0.3, 0.4) is 0 Å². The first-order chi connectivity index (χ1) is 7.13. The molecule has 0 unspecified atom stereocenters. The Morgan fingerprint density at radius 3 is 3.00 bits per heavy atom. The van der Waals surface area contributed by atoms with Crippen molar-refractivity contribution in [2.24, 2.45) is 0 Å². The zero-order chi connectivity index (χ0) is 11.3. The smallest absolute Gasteiger partial charge is 0.243 e. The molecule has 0 fully saturated rings. The van der Waals surface area contributed by atoms with Crippen LogP contribution in [0.5, 0.6) is 0 Å². The largest absolute Gasteiger partial charge is 0.374 e. The van der Waals surface area contributed by atoms with Gasteiger partial charge in [-0.1, -0.05) is 11.3 Å². The molecule has 0 aliphatic heterocycles. The van der Waals surface area contributed by atoms with Gasteiger partial charge in [-0.25, -0.2) is 0 Å². The standard InChI is InChI=1S/C8H12ClN3O2S/c1-3-14-4-6-11-12-8(15-6)10-7(13)5(2)9/h5H,3-4H2,1-2H3,(H,10,12,13)/t5-/m1/s1. The van der Waals surface area contributed by atoms with Crippen LogP contribution in [0.25, 0.3) is 0 Å². The van der Waals surface area contributed by atoms with E-state index in [2.05, 4.69) is 15.5 Å². The quantitative estimate of drug-likeness (QED) is 0.806. The minimum Gasteiger partial charge on any atom is -0.374 e. The number of ether oxygens (including phenoxy) is 1. The van der Waals surface area contributed by atoms with Crippen LogP contribution in [0.15, 0.2) is 0 Å². The van der Waals surface area contributed by atoms with Crippen LogP contribution in [0, 0.1) is 0 Å². The van der Waals surface area contributed by atoms with Gasteiger partial charge in [0.15, 0.2) is 0 Å². The highest BCUT2D eigenvalue weighted by Crippen LogP contribution is 2.16. The van der Waals surface area contributed by atoms with Crippen molar-refractivity contribution in [1.29, 1.82) is 0 Å². The van der Waals surface area contributed by atoms with Gasteiger partial charge in [-0.15, -0.1) is 21.8 Å². The van der Waals surface area contributed by atoms with Crippen molar-refractivity contribution in [3.63, 3.8) is 0 Å². The second kappa shape index (κ2) is 5.99. The highest BCUT2D eigenvalue weighted by atomic mass is 35.5. The van der Waals surface area contributed by atoms with E-state index in [4.69, 9.17) is 16.3 Å². The zero-order valence-electron chi connectivity index (χ0n) is 8.49. The van der Waals surface area contributed by atoms with Crippen LogP contribution >= 0.6 is 22.9 Å². The average Bonchev–Trinajstić information content (AvgIpc) is 2.62. The fraction of sp³-hybridized carbons (Fsp3) is 0.625. The first-order valence-electron chi connectivity index (χ1n) is 4.48. The van der Waals surface area contributed by atoms with Crippen molar-refractivity contribution in [1.82, 2.24) is 10.2 Å². The number of rotatable bonds is 5. The number of halogens is 1. The Kier molecular flexibility index (Phi) is 4.93. The number of carbonyl (C=O) groups excluding carboxylic acids is 1. The van der Waals surface area contributed by atoms with E-state index in [1.165, 1.54) is 11.3 Å². The van der Waals surface area contributed by atoms with Gasteiger partial charge in [0.1, 0.15) is 17.0 Å². The SMILES string of the molecule is CCOCc1nnc(NC(=O)[C@@H](C)Cl)s1. The molecule has 1 N–H and O–H groups in total. The summed E-state index contributed by atoms with van der Waals surface area (Å²) >= 11 is 6.87. The highest BCUT2D eigenvalue weighted by molar-refractivity contribution is 7.15. The molecule has 1 aromatic heterocycles. The summed E-state index contributed by atoms with van der Waals surface area (Å²) in [6.45, 7) is 4.54. The van der Waals surface area contributed by atoms with Crippen molar-refractivity contribution in [2.75, 3.05) is 11.9 Å². The first kappa shape index (κ1) is 12.4. The van der Waals surface area contributed by atoms with Gasteiger partial charge in [0.05, 0.1) is 0 Å². The molecular weight excluding hydrogens is 238 g/mol. The third-order valence-corrected chi connectivity index (χ3v) is 2.50. The van der Waals surface area contributed by atoms with Crippen LogP contribution < -0.4 is 5.32 Å². The van der Waals surface area contributed by atoms with Crippen LogP contribution in [0.1, 0.15) is 18.9 Å². The molecule has 1 heterocycles. The molecule has 1 rings (SSSR count). The lowest BCUT2D eigenvalue weighted by Crippen LogP contribution is -2.20. The zero-order valence-corrected chi connectivity index (χ0v) is 10.1. The van der Waals surface area contributed by atoms with Gasteiger partial charge in [0, 0.05) is 6.61 Å². The van der Waals surface area contributed by atoms with Crippen molar-refractivity contribution in [2.45, 2.75) is 25.8 Å². The number of amides is 1.